The summed E-state index contributed by atoms with van der Waals surface area (Å²) in [6, 6.07) is 16.1. The molecule has 1 aliphatic carbocycles. The number of halogens is 1. The molecule has 0 saturated heterocycles. The summed E-state index contributed by atoms with van der Waals surface area (Å²) in [7, 11) is 0. The molecule has 0 aromatic heterocycles. The van der Waals surface area contributed by atoms with E-state index >= 15 is 0 Å². The first-order valence-electron chi connectivity index (χ1n) is 7.81. The molecule has 5 nitrogen and oxygen atoms in total. The van der Waals surface area contributed by atoms with Crippen molar-refractivity contribution in [2.75, 3.05) is 0 Å². The lowest BCUT2D eigenvalue weighted by molar-refractivity contribution is -0.123. The third-order valence-electron chi connectivity index (χ3n) is 3.77. The number of benzene rings is 2. The Morgan fingerprint density at radius 3 is 2.33 bits per heavy atom. The Morgan fingerprint density at radius 1 is 1.00 bits per heavy atom. The number of hydrazine groups is 1. The molecule has 0 bridgehead atoms. The second kappa shape index (κ2) is 7.59. The van der Waals surface area contributed by atoms with Gasteiger partial charge in [-0.2, -0.15) is 0 Å². The number of nitrogens with one attached hydrogen (secondary N) is 3. The quantitative estimate of drug-likeness (QED) is 0.667. The van der Waals surface area contributed by atoms with Crippen molar-refractivity contribution < 1.29 is 9.59 Å². The largest absolute Gasteiger partial charge is 0.352 e. The Balaban J connectivity index is 1.70. The van der Waals surface area contributed by atoms with Crippen molar-refractivity contribution in [3.63, 3.8) is 0 Å². The summed E-state index contributed by atoms with van der Waals surface area (Å²) in [6.45, 7) is 0. The molecular weight excluding hydrogens is 370 g/mol. The Bertz CT molecular complexity index is 732. The van der Waals surface area contributed by atoms with E-state index in [9.17, 15) is 9.59 Å². The van der Waals surface area contributed by atoms with E-state index in [4.69, 9.17) is 0 Å². The molecule has 1 saturated carbocycles. The van der Waals surface area contributed by atoms with E-state index < -0.39 is 6.04 Å². The fourth-order valence-electron chi connectivity index (χ4n) is 2.31. The zero-order valence-corrected chi connectivity index (χ0v) is 14.5. The van der Waals surface area contributed by atoms with Gasteiger partial charge in [0.1, 0.15) is 6.04 Å². The molecule has 3 rings (SSSR count). The van der Waals surface area contributed by atoms with Crippen molar-refractivity contribution in [1.82, 2.24) is 16.2 Å². The number of hydrogen-bond acceptors (Lipinski definition) is 3. The monoisotopic (exact) mass is 387 g/mol. The summed E-state index contributed by atoms with van der Waals surface area (Å²) >= 11 is 3.35. The normalized spacial score (nSPS) is 14.7. The predicted molar refractivity (Wildman–Crippen MR) is 95.1 cm³/mol. The predicted octanol–water partition coefficient (Wildman–Crippen LogP) is 2.70. The second-order valence-electron chi connectivity index (χ2n) is 5.70. The minimum Gasteiger partial charge on any atom is -0.352 e. The van der Waals surface area contributed by atoms with Crippen molar-refractivity contribution in [2.24, 2.45) is 0 Å². The zero-order chi connectivity index (χ0) is 16.9. The molecule has 2 amide bonds. The van der Waals surface area contributed by atoms with Crippen molar-refractivity contribution in [1.29, 1.82) is 0 Å². The molecule has 24 heavy (non-hydrogen) atoms. The fraction of sp³-hybridized carbons (Fsp3) is 0.222. The molecule has 1 atom stereocenters. The van der Waals surface area contributed by atoms with Gasteiger partial charge >= 0.3 is 0 Å². The molecule has 1 unspecified atom stereocenters. The molecule has 0 radical (unpaired) electrons. The van der Waals surface area contributed by atoms with Crippen LogP contribution in [0.3, 0.4) is 0 Å². The summed E-state index contributed by atoms with van der Waals surface area (Å²) in [5.41, 5.74) is 6.79. The van der Waals surface area contributed by atoms with Crippen LogP contribution in [-0.4, -0.2) is 17.9 Å². The minimum atomic E-state index is -0.641. The van der Waals surface area contributed by atoms with Crippen LogP contribution in [0.25, 0.3) is 0 Å². The first-order valence-corrected chi connectivity index (χ1v) is 8.60. The van der Waals surface area contributed by atoms with E-state index in [0.29, 0.717) is 10.0 Å². The molecule has 124 valence electrons. The Morgan fingerprint density at radius 2 is 1.67 bits per heavy atom. The van der Waals surface area contributed by atoms with Gasteiger partial charge in [-0.3, -0.25) is 15.0 Å². The summed E-state index contributed by atoms with van der Waals surface area (Å²) < 4.78 is 0.697. The molecule has 1 aliphatic rings. The van der Waals surface area contributed by atoms with E-state index in [2.05, 4.69) is 32.1 Å². The third-order valence-corrected chi connectivity index (χ3v) is 4.46. The number of carbonyl (C=O) groups is 2. The van der Waals surface area contributed by atoms with Gasteiger partial charge in [0.15, 0.2) is 0 Å². The van der Waals surface area contributed by atoms with Gasteiger partial charge in [-0.15, -0.1) is 0 Å². The maximum atomic E-state index is 12.5. The van der Waals surface area contributed by atoms with Gasteiger partial charge in [-0.05, 0) is 46.5 Å². The molecule has 0 heterocycles. The lowest BCUT2D eigenvalue weighted by Crippen LogP contribution is -2.47. The van der Waals surface area contributed by atoms with Gasteiger partial charge < -0.3 is 5.32 Å². The van der Waals surface area contributed by atoms with Crippen LogP contribution >= 0.6 is 15.9 Å². The van der Waals surface area contributed by atoms with Crippen LogP contribution < -0.4 is 16.2 Å². The lowest BCUT2D eigenvalue weighted by atomic mass is 10.1. The summed E-state index contributed by atoms with van der Waals surface area (Å²) in [6.07, 6.45) is 2.02. The highest BCUT2D eigenvalue weighted by atomic mass is 79.9. The van der Waals surface area contributed by atoms with Crippen LogP contribution in [0.1, 0.15) is 34.8 Å². The number of rotatable bonds is 6. The van der Waals surface area contributed by atoms with E-state index in [0.717, 1.165) is 18.4 Å². The average molecular weight is 388 g/mol. The highest BCUT2D eigenvalue weighted by Gasteiger charge is 2.28. The topological polar surface area (TPSA) is 70.2 Å². The van der Waals surface area contributed by atoms with Crippen LogP contribution in [0, 0.1) is 0 Å². The van der Waals surface area contributed by atoms with Gasteiger partial charge in [0, 0.05) is 10.5 Å². The molecule has 0 spiro atoms. The van der Waals surface area contributed by atoms with Crippen molar-refractivity contribution in [3.8, 4) is 0 Å². The number of carbonyl (C=O) groups excluding carboxylic acids is 2. The highest BCUT2D eigenvalue weighted by Crippen LogP contribution is 2.21. The summed E-state index contributed by atoms with van der Waals surface area (Å²) in [5, 5.41) is 2.97. The highest BCUT2D eigenvalue weighted by molar-refractivity contribution is 9.10. The SMILES string of the molecule is O=C(NNC(C(=O)NC1CC1)c1ccccc1)c1ccccc1Br. The Kier molecular flexibility index (Phi) is 5.27. The molecule has 6 heteroatoms. The standard InChI is InChI=1S/C18H18BrN3O2/c19-15-9-5-4-8-14(15)17(23)22-21-16(12-6-2-1-3-7-12)18(24)20-13-10-11-13/h1-9,13,16,21H,10-11H2,(H,20,24)(H,22,23). The molecule has 0 aliphatic heterocycles. The zero-order valence-electron chi connectivity index (χ0n) is 13.0. The van der Waals surface area contributed by atoms with E-state index in [1.165, 1.54) is 0 Å². The molecular formula is C18H18BrN3O2. The van der Waals surface area contributed by atoms with Crippen LogP contribution in [0.5, 0.6) is 0 Å². The van der Waals surface area contributed by atoms with E-state index in [-0.39, 0.29) is 17.9 Å². The maximum Gasteiger partial charge on any atom is 0.266 e. The molecule has 1 fully saturated rings. The maximum absolute atomic E-state index is 12.5. The van der Waals surface area contributed by atoms with Gasteiger partial charge in [-0.25, -0.2) is 5.43 Å². The third kappa shape index (κ3) is 4.21. The average Bonchev–Trinajstić information content (AvgIpc) is 3.40. The van der Waals surface area contributed by atoms with E-state index in [1.54, 1.807) is 18.2 Å². The van der Waals surface area contributed by atoms with Crippen molar-refractivity contribution in [2.45, 2.75) is 24.9 Å². The Labute approximate surface area is 148 Å². The van der Waals surface area contributed by atoms with Gasteiger partial charge in [0.2, 0.25) is 5.91 Å². The van der Waals surface area contributed by atoms with Gasteiger partial charge in [0.05, 0.1) is 5.56 Å². The first-order chi connectivity index (χ1) is 11.6. The fourth-order valence-corrected chi connectivity index (χ4v) is 2.77. The van der Waals surface area contributed by atoms with Crippen molar-refractivity contribution >= 4 is 27.7 Å². The Hall–Kier alpha value is -2.18. The van der Waals surface area contributed by atoms with Gasteiger partial charge in [-0.1, -0.05) is 42.5 Å². The van der Waals surface area contributed by atoms with Crippen LogP contribution in [0.2, 0.25) is 0 Å². The van der Waals surface area contributed by atoms with Crippen molar-refractivity contribution in [3.05, 3.63) is 70.2 Å². The van der Waals surface area contributed by atoms with E-state index in [1.807, 2.05) is 36.4 Å². The molecule has 2 aromatic rings. The first kappa shape index (κ1) is 16.7. The van der Waals surface area contributed by atoms with Crippen LogP contribution in [0.4, 0.5) is 0 Å². The molecule has 3 N–H and O–H groups in total. The van der Waals surface area contributed by atoms with Crippen LogP contribution in [0.15, 0.2) is 59.1 Å². The number of amides is 2. The second-order valence-corrected chi connectivity index (χ2v) is 6.56. The van der Waals surface area contributed by atoms with Gasteiger partial charge in [0.25, 0.3) is 5.91 Å². The summed E-state index contributed by atoms with van der Waals surface area (Å²) in [4.78, 5) is 24.8. The number of hydrogen-bond donors (Lipinski definition) is 3. The molecule has 2 aromatic carbocycles. The summed E-state index contributed by atoms with van der Waals surface area (Å²) in [5.74, 6) is -0.446. The smallest absolute Gasteiger partial charge is 0.266 e. The minimum absolute atomic E-state index is 0.142. The lowest BCUT2D eigenvalue weighted by Gasteiger charge is -2.19. The van der Waals surface area contributed by atoms with Crippen LogP contribution in [-0.2, 0) is 4.79 Å².